The van der Waals surface area contributed by atoms with Crippen LogP contribution in [0.5, 0.6) is 11.5 Å². The van der Waals surface area contributed by atoms with Crippen LogP contribution < -0.4 is 14.3 Å². The molecule has 0 unspecified atom stereocenters. The number of halogens is 2. The molecule has 0 radical (unpaired) electrons. The highest BCUT2D eigenvalue weighted by Gasteiger charge is 2.14. The van der Waals surface area contributed by atoms with Gasteiger partial charge in [-0.15, -0.1) is 0 Å². The van der Waals surface area contributed by atoms with E-state index < -0.39 is 15.8 Å². The maximum atomic E-state index is 13.0. The largest absolute Gasteiger partial charge is 0.493 e. The number of sulfonamides is 1. The Morgan fingerprint density at radius 2 is 1.77 bits per heavy atom. The van der Waals surface area contributed by atoms with E-state index in [1.807, 2.05) is 31.2 Å². The molecule has 0 fully saturated rings. The summed E-state index contributed by atoms with van der Waals surface area (Å²) in [7, 11) is -2.39. The van der Waals surface area contributed by atoms with E-state index in [9.17, 15) is 12.8 Å². The van der Waals surface area contributed by atoms with Crippen molar-refractivity contribution in [1.29, 1.82) is 0 Å². The second kappa shape index (κ2) is 9.93. The van der Waals surface area contributed by atoms with Crippen molar-refractivity contribution in [3.8, 4) is 11.5 Å². The van der Waals surface area contributed by atoms with Gasteiger partial charge in [-0.1, -0.05) is 29.8 Å². The van der Waals surface area contributed by atoms with Crippen molar-refractivity contribution in [2.75, 3.05) is 7.11 Å². The van der Waals surface area contributed by atoms with Gasteiger partial charge in [0, 0.05) is 0 Å². The van der Waals surface area contributed by atoms with Gasteiger partial charge in [0.25, 0.3) is 10.0 Å². The van der Waals surface area contributed by atoms with E-state index in [0.717, 1.165) is 29.8 Å². The summed E-state index contributed by atoms with van der Waals surface area (Å²) < 4.78 is 49.4. The fraction of sp³-hybridized carbons (Fsp3) is 0.136. The van der Waals surface area contributed by atoms with Crippen LogP contribution in [0.3, 0.4) is 0 Å². The Kier molecular flexibility index (Phi) is 7.29. The average molecular weight is 507 g/mol. The van der Waals surface area contributed by atoms with E-state index in [2.05, 4.69) is 25.9 Å². The van der Waals surface area contributed by atoms with E-state index in [4.69, 9.17) is 9.47 Å². The molecular formula is C22H20BrFN2O4S. The zero-order valence-corrected chi connectivity index (χ0v) is 19.2. The van der Waals surface area contributed by atoms with Crippen molar-refractivity contribution >= 4 is 32.2 Å². The molecule has 0 aliphatic heterocycles. The Labute approximate surface area is 188 Å². The first-order valence-corrected chi connectivity index (χ1v) is 11.4. The number of methoxy groups -OCH3 is 1. The molecule has 0 heterocycles. The molecule has 0 saturated carbocycles. The van der Waals surface area contributed by atoms with Crippen molar-refractivity contribution in [3.05, 3.63) is 87.6 Å². The molecule has 0 atom stereocenters. The molecule has 0 aromatic heterocycles. The van der Waals surface area contributed by atoms with Crippen LogP contribution in [0.1, 0.15) is 16.7 Å². The van der Waals surface area contributed by atoms with Gasteiger partial charge in [-0.2, -0.15) is 13.5 Å². The maximum Gasteiger partial charge on any atom is 0.276 e. The standard InChI is InChI=1S/C22H20BrFN2O4S/c1-15-3-5-16(6-4-15)14-30-22-20(23)11-17(12-21(22)29-2)13-25-26-31(27,28)19-9-7-18(24)8-10-19/h3-13,26H,14H2,1-2H3/b25-13-. The minimum atomic E-state index is -3.91. The molecular weight excluding hydrogens is 487 g/mol. The van der Waals surface area contributed by atoms with Gasteiger partial charge in [-0.05, 0) is 70.4 Å². The van der Waals surface area contributed by atoms with Gasteiger partial charge in [-0.3, -0.25) is 0 Å². The number of hydrazone groups is 1. The number of ether oxygens (including phenoxy) is 2. The summed E-state index contributed by atoms with van der Waals surface area (Å²) in [5.41, 5.74) is 2.76. The summed E-state index contributed by atoms with van der Waals surface area (Å²) in [5.74, 6) is 0.459. The molecule has 162 valence electrons. The van der Waals surface area contributed by atoms with Crippen molar-refractivity contribution in [1.82, 2.24) is 4.83 Å². The predicted octanol–water partition coefficient (Wildman–Crippen LogP) is 4.80. The molecule has 3 rings (SSSR count). The van der Waals surface area contributed by atoms with Gasteiger partial charge in [0.1, 0.15) is 12.4 Å². The van der Waals surface area contributed by atoms with E-state index in [1.54, 1.807) is 12.1 Å². The fourth-order valence-electron chi connectivity index (χ4n) is 2.63. The first kappa shape index (κ1) is 22.8. The van der Waals surface area contributed by atoms with Crippen LogP contribution in [-0.2, 0) is 16.6 Å². The first-order valence-electron chi connectivity index (χ1n) is 9.15. The average Bonchev–Trinajstić information content (AvgIpc) is 2.74. The second-order valence-corrected chi connectivity index (χ2v) is 9.13. The fourth-order valence-corrected chi connectivity index (χ4v) is 4.00. The number of nitrogens with zero attached hydrogens (tertiary/aromatic N) is 1. The van der Waals surface area contributed by atoms with E-state index >= 15 is 0 Å². The van der Waals surface area contributed by atoms with Crippen LogP contribution in [0.25, 0.3) is 0 Å². The van der Waals surface area contributed by atoms with Gasteiger partial charge in [-0.25, -0.2) is 9.22 Å². The number of hydrogen-bond acceptors (Lipinski definition) is 5. The Bertz CT molecular complexity index is 1180. The highest BCUT2D eigenvalue weighted by atomic mass is 79.9. The van der Waals surface area contributed by atoms with Gasteiger partial charge >= 0.3 is 0 Å². The number of hydrogen-bond donors (Lipinski definition) is 1. The lowest BCUT2D eigenvalue weighted by atomic mass is 10.2. The van der Waals surface area contributed by atoms with Gasteiger partial charge in [0.15, 0.2) is 11.5 Å². The lowest BCUT2D eigenvalue weighted by Crippen LogP contribution is -2.18. The summed E-state index contributed by atoms with van der Waals surface area (Å²) in [4.78, 5) is 2.00. The number of rotatable bonds is 8. The zero-order valence-electron chi connectivity index (χ0n) is 16.8. The van der Waals surface area contributed by atoms with Crippen molar-refractivity contribution in [2.24, 2.45) is 5.10 Å². The minimum Gasteiger partial charge on any atom is -0.493 e. The Morgan fingerprint density at radius 1 is 1.10 bits per heavy atom. The van der Waals surface area contributed by atoms with Crippen LogP contribution in [0.15, 0.2) is 75.1 Å². The van der Waals surface area contributed by atoms with E-state index in [1.165, 1.54) is 18.9 Å². The van der Waals surface area contributed by atoms with Crippen molar-refractivity contribution < 1.29 is 22.3 Å². The molecule has 0 aliphatic carbocycles. The smallest absolute Gasteiger partial charge is 0.276 e. The van der Waals surface area contributed by atoms with Crippen molar-refractivity contribution in [3.63, 3.8) is 0 Å². The summed E-state index contributed by atoms with van der Waals surface area (Å²) in [6, 6.07) is 15.8. The summed E-state index contributed by atoms with van der Waals surface area (Å²) in [5, 5.41) is 3.79. The molecule has 0 bridgehead atoms. The SMILES string of the molecule is COc1cc(/C=N\NS(=O)(=O)c2ccc(F)cc2)cc(Br)c1OCc1ccc(C)cc1. The lowest BCUT2D eigenvalue weighted by Gasteiger charge is -2.13. The third kappa shape index (κ3) is 6.05. The van der Waals surface area contributed by atoms with Crippen molar-refractivity contribution in [2.45, 2.75) is 18.4 Å². The monoisotopic (exact) mass is 506 g/mol. The molecule has 0 saturated heterocycles. The second-order valence-electron chi connectivity index (χ2n) is 6.62. The lowest BCUT2D eigenvalue weighted by molar-refractivity contribution is 0.282. The minimum absolute atomic E-state index is 0.0929. The number of benzene rings is 3. The molecule has 9 heteroatoms. The van der Waals surface area contributed by atoms with Gasteiger partial charge in [0.2, 0.25) is 0 Å². The molecule has 6 nitrogen and oxygen atoms in total. The van der Waals surface area contributed by atoms with Gasteiger partial charge < -0.3 is 9.47 Å². The molecule has 0 spiro atoms. The summed E-state index contributed by atoms with van der Waals surface area (Å²) in [6.07, 6.45) is 1.33. The van der Waals surface area contributed by atoms with Crippen LogP contribution in [0, 0.1) is 12.7 Å². The Hall–Kier alpha value is -2.91. The first-order chi connectivity index (χ1) is 14.8. The third-order valence-electron chi connectivity index (χ3n) is 4.27. The summed E-state index contributed by atoms with van der Waals surface area (Å²) >= 11 is 3.46. The van der Waals surface area contributed by atoms with E-state index in [0.29, 0.717) is 28.1 Å². The van der Waals surface area contributed by atoms with Crippen LogP contribution in [-0.4, -0.2) is 21.7 Å². The topological polar surface area (TPSA) is 77.0 Å². The highest BCUT2D eigenvalue weighted by Crippen LogP contribution is 2.36. The molecule has 1 N–H and O–H groups in total. The normalized spacial score (nSPS) is 11.5. The molecule has 0 amide bonds. The van der Waals surface area contributed by atoms with E-state index in [-0.39, 0.29) is 4.90 Å². The molecule has 0 aliphatic rings. The maximum absolute atomic E-state index is 13.0. The Morgan fingerprint density at radius 3 is 2.42 bits per heavy atom. The summed E-state index contributed by atoms with van der Waals surface area (Å²) in [6.45, 7) is 2.38. The Balaban J connectivity index is 1.72. The van der Waals surface area contributed by atoms with Crippen LogP contribution in [0.4, 0.5) is 4.39 Å². The molecule has 3 aromatic rings. The quantitative estimate of drug-likeness (QED) is 0.351. The van der Waals surface area contributed by atoms with Crippen LogP contribution >= 0.6 is 15.9 Å². The number of aryl methyl sites for hydroxylation is 1. The molecule has 31 heavy (non-hydrogen) atoms. The van der Waals surface area contributed by atoms with Crippen LogP contribution in [0.2, 0.25) is 0 Å². The third-order valence-corrected chi connectivity index (χ3v) is 6.09. The molecule has 3 aromatic carbocycles. The predicted molar refractivity (Wildman–Crippen MR) is 121 cm³/mol. The number of nitrogens with one attached hydrogen (secondary N) is 1. The van der Waals surface area contributed by atoms with Gasteiger partial charge in [0.05, 0.1) is 22.7 Å². The highest BCUT2D eigenvalue weighted by molar-refractivity contribution is 9.10. The zero-order chi connectivity index (χ0) is 22.4.